The van der Waals surface area contributed by atoms with E-state index in [0.29, 0.717) is 0 Å². The summed E-state index contributed by atoms with van der Waals surface area (Å²) in [6.07, 6.45) is -2.75. The minimum absolute atomic E-state index is 0.732. The third-order valence-corrected chi connectivity index (χ3v) is 6.76. The van der Waals surface area contributed by atoms with Crippen LogP contribution in [0.25, 0.3) is 32.3 Å². The van der Waals surface area contributed by atoms with E-state index in [4.69, 9.17) is 0 Å². The molecule has 6 aromatic carbocycles. The van der Waals surface area contributed by atoms with Gasteiger partial charge in [0, 0.05) is 0 Å². The third-order valence-electron chi connectivity index (χ3n) is 6.76. The second-order valence-electron chi connectivity index (χ2n) is 8.47. The van der Waals surface area contributed by atoms with Crippen LogP contribution >= 0.6 is 0 Å². The molecule has 0 unspecified atom stereocenters. The van der Waals surface area contributed by atoms with E-state index in [2.05, 4.69) is 36.4 Å². The van der Waals surface area contributed by atoms with E-state index in [1.807, 2.05) is 91.0 Å². The Morgan fingerprint density at radius 3 is 0.969 bits per heavy atom. The topological polar surface area (TPSA) is 0 Å². The van der Waals surface area contributed by atoms with Gasteiger partial charge in [-0.25, -0.2) is 0 Å². The molecular formula is C30H21BF-. The van der Waals surface area contributed by atoms with Crippen molar-refractivity contribution in [3.8, 4) is 0 Å². The van der Waals surface area contributed by atoms with Crippen LogP contribution in [-0.2, 0) is 0 Å². The molecule has 2 heteroatoms. The summed E-state index contributed by atoms with van der Waals surface area (Å²) in [5, 5.41) is 6.02. The van der Waals surface area contributed by atoms with Gasteiger partial charge < -0.3 is 4.32 Å². The zero-order valence-corrected chi connectivity index (χ0v) is 17.6. The first-order valence-corrected chi connectivity index (χ1v) is 11.0. The van der Waals surface area contributed by atoms with E-state index >= 15 is 4.32 Å². The quantitative estimate of drug-likeness (QED) is 0.310. The van der Waals surface area contributed by atoms with Gasteiger partial charge in [-0.15, -0.1) is 0 Å². The molecule has 32 heavy (non-hydrogen) atoms. The predicted molar refractivity (Wildman–Crippen MR) is 138 cm³/mol. The SMILES string of the molecule is F[B-](c1cccc2ccccc12)(c1cccc2ccccc12)c1cccc2ccccc12. The summed E-state index contributed by atoms with van der Waals surface area (Å²) in [5.41, 5.74) is 2.20. The highest BCUT2D eigenvalue weighted by molar-refractivity contribution is 7.09. The smallest absolute Gasteiger partial charge is 0.236 e. The first-order valence-electron chi connectivity index (χ1n) is 11.0. The van der Waals surface area contributed by atoms with E-state index in [0.717, 1.165) is 48.7 Å². The van der Waals surface area contributed by atoms with Crippen molar-refractivity contribution in [2.24, 2.45) is 0 Å². The molecule has 0 atom stereocenters. The molecule has 6 rings (SSSR count). The lowest BCUT2D eigenvalue weighted by atomic mass is 9.30. The van der Waals surface area contributed by atoms with Gasteiger partial charge in [0.05, 0.1) is 0 Å². The van der Waals surface area contributed by atoms with Crippen molar-refractivity contribution in [2.75, 3.05) is 0 Å². The van der Waals surface area contributed by atoms with Crippen molar-refractivity contribution >= 4 is 55.1 Å². The first kappa shape index (κ1) is 18.8. The molecule has 0 fully saturated rings. The molecule has 0 N–H and O–H groups in total. The Morgan fingerprint density at radius 2 is 0.625 bits per heavy atom. The Hall–Kier alpha value is -3.91. The zero-order chi connectivity index (χ0) is 21.5. The minimum Gasteiger partial charge on any atom is -0.498 e. The molecule has 0 nitrogen and oxygen atoms in total. The molecular weight excluding hydrogens is 390 g/mol. The van der Waals surface area contributed by atoms with Crippen LogP contribution in [0, 0.1) is 0 Å². The van der Waals surface area contributed by atoms with Gasteiger partial charge in [-0.2, -0.15) is 16.4 Å². The van der Waals surface area contributed by atoms with Crippen molar-refractivity contribution in [1.29, 1.82) is 0 Å². The van der Waals surface area contributed by atoms with Crippen LogP contribution in [0.2, 0.25) is 0 Å². The molecule has 0 heterocycles. The Balaban J connectivity index is 1.81. The van der Waals surface area contributed by atoms with Crippen LogP contribution in [0.4, 0.5) is 4.32 Å². The predicted octanol–water partition coefficient (Wildman–Crippen LogP) is 6.08. The van der Waals surface area contributed by atoms with Crippen molar-refractivity contribution in [3.05, 3.63) is 127 Å². The average molecular weight is 411 g/mol. The maximum atomic E-state index is 18.2. The number of fused-ring (bicyclic) bond motifs is 3. The maximum Gasteiger partial charge on any atom is 0.236 e. The molecule has 0 amide bonds. The van der Waals surface area contributed by atoms with Crippen LogP contribution in [0.1, 0.15) is 0 Å². The molecule has 0 aliphatic heterocycles. The van der Waals surface area contributed by atoms with Gasteiger partial charge in [-0.3, -0.25) is 0 Å². The second kappa shape index (κ2) is 7.35. The third kappa shape index (κ3) is 2.76. The van der Waals surface area contributed by atoms with Crippen molar-refractivity contribution < 1.29 is 4.32 Å². The van der Waals surface area contributed by atoms with E-state index in [9.17, 15) is 0 Å². The second-order valence-corrected chi connectivity index (χ2v) is 8.47. The monoisotopic (exact) mass is 411 g/mol. The zero-order valence-electron chi connectivity index (χ0n) is 17.6. The van der Waals surface area contributed by atoms with E-state index < -0.39 is 6.42 Å². The molecule has 0 saturated carbocycles. The van der Waals surface area contributed by atoms with Gasteiger partial charge in [0.2, 0.25) is 6.42 Å². The average Bonchev–Trinajstić information content (AvgIpc) is 2.87. The fourth-order valence-electron chi connectivity index (χ4n) is 5.29. The molecule has 6 aromatic rings. The largest absolute Gasteiger partial charge is 0.498 e. The highest BCUT2D eigenvalue weighted by Crippen LogP contribution is 2.24. The van der Waals surface area contributed by atoms with Crippen molar-refractivity contribution in [1.82, 2.24) is 0 Å². The Bertz CT molecular complexity index is 1390. The number of halogens is 1. The normalized spacial score (nSPS) is 11.9. The molecule has 0 spiro atoms. The number of rotatable bonds is 3. The standard InChI is InChI=1S/C30H21BF/c32-31(28-19-7-13-22-10-1-4-16-25(22)28,29-20-8-14-23-11-2-5-17-26(23)29)30-21-9-15-24-12-3-6-18-27(24)30/h1-21H/q-1. The number of benzene rings is 6. The fourth-order valence-corrected chi connectivity index (χ4v) is 5.29. The van der Waals surface area contributed by atoms with Crippen LogP contribution in [-0.4, -0.2) is 6.42 Å². The molecule has 0 aliphatic rings. The lowest BCUT2D eigenvalue weighted by Gasteiger charge is -2.38. The van der Waals surface area contributed by atoms with E-state index in [1.54, 1.807) is 0 Å². The Labute approximate surface area is 186 Å². The molecule has 0 aromatic heterocycles. The Morgan fingerprint density at radius 1 is 0.344 bits per heavy atom. The highest BCUT2D eigenvalue weighted by Gasteiger charge is 2.33. The van der Waals surface area contributed by atoms with Crippen LogP contribution in [0.15, 0.2) is 127 Å². The molecule has 152 valence electrons. The lowest BCUT2D eigenvalue weighted by Crippen LogP contribution is -2.64. The summed E-state index contributed by atoms with van der Waals surface area (Å²) in [7, 11) is 0. The summed E-state index contributed by atoms with van der Waals surface area (Å²) in [4.78, 5) is 0. The van der Waals surface area contributed by atoms with Crippen LogP contribution < -0.4 is 16.4 Å². The molecule has 0 aliphatic carbocycles. The van der Waals surface area contributed by atoms with Crippen molar-refractivity contribution in [3.63, 3.8) is 0 Å². The lowest BCUT2D eigenvalue weighted by molar-refractivity contribution is 0.844. The molecule has 0 bridgehead atoms. The molecule has 0 radical (unpaired) electrons. The summed E-state index contributed by atoms with van der Waals surface area (Å²) < 4.78 is 18.2. The van der Waals surface area contributed by atoms with Gasteiger partial charge in [-0.05, 0) is 16.2 Å². The number of hydrogen-bond acceptors (Lipinski definition) is 0. The summed E-state index contributed by atoms with van der Waals surface area (Å²) in [5.74, 6) is 0. The summed E-state index contributed by atoms with van der Waals surface area (Å²) in [6, 6.07) is 42.3. The van der Waals surface area contributed by atoms with Gasteiger partial charge >= 0.3 is 0 Å². The summed E-state index contributed by atoms with van der Waals surface area (Å²) in [6.45, 7) is 0. The van der Waals surface area contributed by atoms with Gasteiger partial charge in [0.1, 0.15) is 0 Å². The highest BCUT2D eigenvalue weighted by atomic mass is 19.1. The van der Waals surface area contributed by atoms with E-state index in [-0.39, 0.29) is 0 Å². The number of hydrogen-bond donors (Lipinski definition) is 0. The fraction of sp³-hybridized carbons (Fsp3) is 0. The van der Waals surface area contributed by atoms with Crippen LogP contribution in [0.3, 0.4) is 0 Å². The van der Waals surface area contributed by atoms with E-state index in [1.165, 1.54) is 0 Å². The van der Waals surface area contributed by atoms with Crippen molar-refractivity contribution in [2.45, 2.75) is 0 Å². The summed E-state index contributed by atoms with van der Waals surface area (Å²) >= 11 is 0. The van der Waals surface area contributed by atoms with Gasteiger partial charge in [-0.1, -0.05) is 144 Å². The van der Waals surface area contributed by atoms with Gasteiger partial charge in [0.15, 0.2) is 0 Å². The Kier molecular flexibility index (Phi) is 4.33. The molecule has 0 saturated heterocycles. The maximum absolute atomic E-state index is 18.2. The van der Waals surface area contributed by atoms with Gasteiger partial charge in [0.25, 0.3) is 0 Å². The van der Waals surface area contributed by atoms with Crippen LogP contribution in [0.5, 0.6) is 0 Å². The first-order chi connectivity index (χ1) is 15.8. The minimum atomic E-state index is -2.75.